The molecule has 0 aliphatic carbocycles. The summed E-state index contributed by atoms with van der Waals surface area (Å²) in [5.41, 5.74) is 6.00. The van der Waals surface area contributed by atoms with Crippen LogP contribution in [-0.2, 0) is 14.8 Å². The SMILES string of the molecule is COc1ccc(S(N)(=O)=O)cc1NC(=O)[C@H](N)CC(C)C. The number of benzene rings is 1. The smallest absolute Gasteiger partial charge is 0.241 e. The highest BCUT2D eigenvalue weighted by atomic mass is 32.2. The molecule has 0 heterocycles. The number of anilines is 1. The molecule has 21 heavy (non-hydrogen) atoms. The minimum atomic E-state index is -3.86. The Morgan fingerprint density at radius 2 is 2.00 bits per heavy atom. The first kappa shape index (κ1) is 17.4. The first-order valence-electron chi connectivity index (χ1n) is 6.42. The van der Waals surface area contributed by atoms with Crippen LogP contribution in [0.1, 0.15) is 20.3 Å². The van der Waals surface area contributed by atoms with Crippen LogP contribution in [0.3, 0.4) is 0 Å². The van der Waals surface area contributed by atoms with Crippen molar-refractivity contribution in [3.63, 3.8) is 0 Å². The second kappa shape index (κ2) is 6.88. The number of carbonyl (C=O) groups is 1. The molecule has 0 spiro atoms. The van der Waals surface area contributed by atoms with Gasteiger partial charge in [0.05, 0.1) is 23.7 Å². The zero-order chi connectivity index (χ0) is 16.2. The van der Waals surface area contributed by atoms with E-state index in [0.29, 0.717) is 12.2 Å². The van der Waals surface area contributed by atoms with Crippen LogP contribution >= 0.6 is 0 Å². The van der Waals surface area contributed by atoms with Gasteiger partial charge in [-0.25, -0.2) is 13.6 Å². The van der Waals surface area contributed by atoms with Gasteiger partial charge in [-0.05, 0) is 30.5 Å². The summed E-state index contributed by atoms with van der Waals surface area (Å²) in [7, 11) is -2.45. The van der Waals surface area contributed by atoms with Crippen LogP contribution in [0.2, 0.25) is 0 Å². The Morgan fingerprint density at radius 3 is 2.48 bits per heavy atom. The molecule has 0 unspecified atom stereocenters. The van der Waals surface area contributed by atoms with Crippen LogP contribution < -0.4 is 20.9 Å². The fourth-order valence-electron chi connectivity index (χ4n) is 1.80. The molecule has 0 saturated heterocycles. The molecule has 0 radical (unpaired) electrons. The maximum atomic E-state index is 12.0. The molecule has 118 valence electrons. The zero-order valence-electron chi connectivity index (χ0n) is 12.3. The fraction of sp³-hybridized carbons (Fsp3) is 0.462. The molecule has 1 rings (SSSR count). The average molecular weight is 315 g/mol. The van der Waals surface area contributed by atoms with Gasteiger partial charge in [0.2, 0.25) is 15.9 Å². The maximum Gasteiger partial charge on any atom is 0.241 e. The monoisotopic (exact) mass is 315 g/mol. The summed E-state index contributed by atoms with van der Waals surface area (Å²) < 4.78 is 27.8. The molecular weight excluding hydrogens is 294 g/mol. The van der Waals surface area contributed by atoms with E-state index in [1.54, 1.807) is 0 Å². The van der Waals surface area contributed by atoms with Gasteiger partial charge in [0.15, 0.2) is 0 Å². The number of amides is 1. The lowest BCUT2D eigenvalue weighted by Crippen LogP contribution is -2.36. The van der Waals surface area contributed by atoms with Gasteiger partial charge in [-0.1, -0.05) is 13.8 Å². The van der Waals surface area contributed by atoms with Crippen molar-refractivity contribution in [1.82, 2.24) is 0 Å². The summed E-state index contributed by atoms with van der Waals surface area (Å²) in [6.45, 7) is 3.91. The van der Waals surface area contributed by atoms with E-state index >= 15 is 0 Å². The molecule has 0 aliphatic rings. The Hall–Kier alpha value is -1.64. The van der Waals surface area contributed by atoms with Crippen LogP contribution in [0.4, 0.5) is 5.69 Å². The predicted molar refractivity (Wildman–Crippen MR) is 80.4 cm³/mol. The summed E-state index contributed by atoms with van der Waals surface area (Å²) >= 11 is 0. The van der Waals surface area contributed by atoms with Gasteiger partial charge in [0.1, 0.15) is 5.75 Å². The van der Waals surface area contributed by atoms with Crippen molar-refractivity contribution >= 4 is 21.6 Å². The van der Waals surface area contributed by atoms with Crippen LogP contribution in [-0.4, -0.2) is 27.5 Å². The molecule has 1 aromatic rings. The van der Waals surface area contributed by atoms with E-state index in [4.69, 9.17) is 15.6 Å². The van der Waals surface area contributed by atoms with E-state index in [1.807, 2.05) is 13.8 Å². The number of nitrogens with one attached hydrogen (secondary N) is 1. The third-order valence-corrected chi connectivity index (χ3v) is 3.73. The largest absolute Gasteiger partial charge is 0.495 e. The van der Waals surface area contributed by atoms with Gasteiger partial charge in [0, 0.05) is 0 Å². The molecule has 0 fully saturated rings. The standard InChI is InChI=1S/C13H21N3O4S/c1-8(2)6-10(14)13(17)16-11-7-9(21(15,18)19)4-5-12(11)20-3/h4-5,7-8,10H,6,14H2,1-3H3,(H,16,17)(H2,15,18,19)/t10-/m1/s1. The second-order valence-corrected chi connectivity index (χ2v) is 6.69. The van der Waals surface area contributed by atoms with Gasteiger partial charge in [-0.3, -0.25) is 4.79 Å². The van der Waals surface area contributed by atoms with Crippen LogP contribution in [0, 0.1) is 5.92 Å². The number of sulfonamides is 1. The van der Waals surface area contributed by atoms with E-state index in [-0.39, 0.29) is 16.5 Å². The van der Waals surface area contributed by atoms with Crippen LogP contribution in [0.15, 0.2) is 23.1 Å². The lowest BCUT2D eigenvalue weighted by Gasteiger charge is -2.16. The number of rotatable bonds is 6. The molecule has 0 saturated carbocycles. The number of nitrogens with two attached hydrogens (primary N) is 2. The normalized spacial score (nSPS) is 13.0. The highest BCUT2D eigenvalue weighted by molar-refractivity contribution is 7.89. The molecule has 1 atom stereocenters. The highest BCUT2D eigenvalue weighted by Gasteiger charge is 2.18. The Labute approximate surface area is 124 Å². The average Bonchev–Trinajstić information content (AvgIpc) is 2.36. The summed E-state index contributed by atoms with van der Waals surface area (Å²) in [4.78, 5) is 11.9. The second-order valence-electron chi connectivity index (χ2n) is 5.13. The molecule has 0 aliphatic heterocycles. The lowest BCUT2D eigenvalue weighted by atomic mass is 10.0. The van der Waals surface area contributed by atoms with Gasteiger partial charge in [-0.15, -0.1) is 0 Å². The lowest BCUT2D eigenvalue weighted by molar-refractivity contribution is -0.117. The number of methoxy groups -OCH3 is 1. The Kier molecular flexibility index (Phi) is 5.70. The van der Waals surface area contributed by atoms with Gasteiger partial charge < -0.3 is 15.8 Å². The summed E-state index contributed by atoms with van der Waals surface area (Å²) in [6, 6.07) is 3.28. The fourth-order valence-corrected chi connectivity index (χ4v) is 2.34. The van der Waals surface area contributed by atoms with E-state index < -0.39 is 22.0 Å². The minimum Gasteiger partial charge on any atom is -0.495 e. The quantitative estimate of drug-likeness (QED) is 0.711. The van der Waals surface area contributed by atoms with Crippen molar-refractivity contribution in [3.05, 3.63) is 18.2 Å². The number of hydrogen-bond donors (Lipinski definition) is 3. The minimum absolute atomic E-state index is 0.115. The van der Waals surface area contributed by atoms with E-state index in [2.05, 4.69) is 5.32 Å². The Morgan fingerprint density at radius 1 is 1.38 bits per heavy atom. The third-order valence-electron chi connectivity index (χ3n) is 2.82. The molecular formula is C13H21N3O4S. The summed E-state index contributed by atoms with van der Waals surface area (Å²) in [5.74, 6) is 0.185. The number of ether oxygens (including phenoxy) is 1. The summed E-state index contributed by atoms with van der Waals surface area (Å²) in [6.07, 6.45) is 0.517. The van der Waals surface area contributed by atoms with Crippen molar-refractivity contribution in [2.75, 3.05) is 12.4 Å². The van der Waals surface area contributed by atoms with Crippen molar-refractivity contribution in [1.29, 1.82) is 0 Å². The summed E-state index contributed by atoms with van der Waals surface area (Å²) in [5, 5.41) is 7.64. The topological polar surface area (TPSA) is 125 Å². The van der Waals surface area contributed by atoms with Gasteiger partial charge in [-0.2, -0.15) is 0 Å². The first-order chi connectivity index (χ1) is 9.65. The van der Waals surface area contributed by atoms with Crippen LogP contribution in [0.25, 0.3) is 0 Å². The number of carbonyl (C=O) groups excluding carboxylic acids is 1. The van der Waals surface area contributed by atoms with Gasteiger partial charge in [0.25, 0.3) is 0 Å². The molecule has 1 amide bonds. The molecule has 1 aromatic carbocycles. The number of primary sulfonamides is 1. The van der Waals surface area contributed by atoms with Gasteiger partial charge >= 0.3 is 0 Å². The van der Waals surface area contributed by atoms with Crippen molar-refractivity contribution in [2.45, 2.75) is 31.2 Å². The van der Waals surface area contributed by atoms with Crippen molar-refractivity contribution in [3.8, 4) is 5.75 Å². The third kappa shape index (κ3) is 5.00. The van der Waals surface area contributed by atoms with E-state index in [9.17, 15) is 13.2 Å². The Balaban J connectivity index is 3.03. The Bertz CT molecular complexity index is 614. The molecule has 0 aromatic heterocycles. The molecule has 7 nitrogen and oxygen atoms in total. The predicted octanol–water partition coefficient (Wildman–Crippen LogP) is 0.655. The maximum absolute atomic E-state index is 12.0. The number of hydrogen-bond acceptors (Lipinski definition) is 5. The zero-order valence-corrected chi connectivity index (χ0v) is 13.1. The van der Waals surface area contributed by atoms with Crippen molar-refractivity contribution in [2.24, 2.45) is 16.8 Å². The van der Waals surface area contributed by atoms with E-state index in [0.717, 1.165) is 0 Å². The van der Waals surface area contributed by atoms with E-state index in [1.165, 1.54) is 25.3 Å². The highest BCUT2D eigenvalue weighted by Crippen LogP contribution is 2.27. The molecule has 8 heteroatoms. The first-order valence-corrected chi connectivity index (χ1v) is 7.97. The molecule has 0 bridgehead atoms. The van der Waals surface area contributed by atoms with Crippen molar-refractivity contribution < 1.29 is 17.9 Å². The molecule has 5 N–H and O–H groups in total. The van der Waals surface area contributed by atoms with Crippen LogP contribution in [0.5, 0.6) is 5.75 Å².